The standard InChI is InChI=1S/C26H31N6O2/c1-19-9-7-8-10-20(19)17-32-22(27-24-23(32)25(33)29(3)26(34)28(24)2)18-30-13-15-31(16-14-30)21-11-5-4-6-12-21/h4-12,23H,13-18H2,1-3H3/q+1. The van der Waals surface area contributed by atoms with Gasteiger partial charge in [0.25, 0.3) is 17.8 Å². The number of para-hydroxylation sites is 1. The summed E-state index contributed by atoms with van der Waals surface area (Å²) in [5.74, 6) is 1.15. The molecule has 8 nitrogen and oxygen atoms in total. The number of carbonyl (C=O) groups excluding carboxylic acids is 2. The van der Waals surface area contributed by atoms with Crippen molar-refractivity contribution in [3.05, 3.63) is 65.7 Å². The first kappa shape index (κ1) is 22.3. The smallest absolute Gasteiger partial charge is 0.333 e. The second-order valence-electron chi connectivity index (χ2n) is 9.18. The number of nitrogens with zero attached hydrogens (tertiary/aromatic N) is 6. The fourth-order valence-electron chi connectivity index (χ4n) is 4.93. The van der Waals surface area contributed by atoms with Crippen molar-refractivity contribution in [2.75, 3.05) is 51.7 Å². The van der Waals surface area contributed by atoms with E-state index in [1.165, 1.54) is 21.1 Å². The van der Waals surface area contributed by atoms with E-state index in [1.54, 1.807) is 14.1 Å². The van der Waals surface area contributed by atoms with Crippen LogP contribution in [-0.4, -0.2) is 95.7 Å². The highest BCUT2D eigenvalue weighted by Gasteiger charge is 2.53. The van der Waals surface area contributed by atoms with Crippen LogP contribution in [0.25, 0.3) is 0 Å². The molecule has 5 rings (SSSR count). The number of anilines is 1. The van der Waals surface area contributed by atoms with Gasteiger partial charge in [0.15, 0.2) is 0 Å². The molecule has 1 atom stereocenters. The highest BCUT2D eigenvalue weighted by Crippen LogP contribution is 2.23. The van der Waals surface area contributed by atoms with E-state index < -0.39 is 6.04 Å². The number of fused-ring (bicyclic) bond motifs is 1. The van der Waals surface area contributed by atoms with Crippen LogP contribution in [0.3, 0.4) is 0 Å². The van der Waals surface area contributed by atoms with E-state index in [4.69, 9.17) is 4.99 Å². The van der Waals surface area contributed by atoms with E-state index in [0.717, 1.165) is 37.6 Å². The molecular weight excluding hydrogens is 428 g/mol. The third-order valence-corrected chi connectivity index (χ3v) is 7.07. The fraction of sp³-hybridized carbons (Fsp3) is 0.385. The number of amidine groups is 2. The molecule has 0 bridgehead atoms. The van der Waals surface area contributed by atoms with Crippen molar-refractivity contribution < 1.29 is 14.2 Å². The predicted molar refractivity (Wildman–Crippen MR) is 132 cm³/mol. The van der Waals surface area contributed by atoms with Crippen molar-refractivity contribution in [3.8, 4) is 0 Å². The average Bonchev–Trinajstić information content (AvgIpc) is 3.21. The third kappa shape index (κ3) is 3.98. The Morgan fingerprint density at radius 3 is 2.29 bits per heavy atom. The van der Waals surface area contributed by atoms with Gasteiger partial charge in [-0.25, -0.2) is 9.37 Å². The summed E-state index contributed by atoms with van der Waals surface area (Å²) in [5.41, 5.74) is 3.57. The first-order chi connectivity index (χ1) is 16.4. The molecular formula is C26H31N6O2+. The molecule has 1 unspecified atom stereocenters. The van der Waals surface area contributed by atoms with Crippen LogP contribution in [0.15, 0.2) is 59.6 Å². The van der Waals surface area contributed by atoms with Gasteiger partial charge in [-0.15, -0.1) is 0 Å². The summed E-state index contributed by atoms with van der Waals surface area (Å²) >= 11 is 0. The largest absolute Gasteiger partial charge is 0.369 e. The molecule has 176 valence electrons. The lowest BCUT2D eigenvalue weighted by atomic mass is 10.1. The van der Waals surface area contributed by atoms with Gasteiger partial charge < -0.3 is 4.90 Å². The molecule has 0 aliphatic carbocycles. The molecule has 34 heavy (non-hydrogen) atoms. The van der Waals surface area contributed by atoms with Crippen molar-refractivity contribution in [1.29, 1.82) is 0 Å². The summed E-state index contributed by atoms with van der Waals surface area (Å²) in [7, 11) is 3.25. The molecule has 3 aliphatic rings. The Bertz CT molecular complexity index is 1170. The van der Waals surface area contributed by atoms with Crippen molar-refractivity contribution in [2.24, 2.45) is 4.99 Å². The van der Waals surface area contributed by atoms with Gasteiger partial charge in [0.2, 0.25) is 0 Å². The van der Waals surface area contributed by atoms with Gasteiger partial charge in [0.05, 0.1) is 0 Å². The molecule has 3 aliphatic heterocycles. The van der Waals surface area contributed by atoms with Crippen LogP contribution in [0, 0.1) is 6.92 Å². The summed E-state index contributed by atoms with van der Waals surface area (Å²) in [6, 6.07) is 17.8. The lowest BCUT2D eigenvalue weighted by molar-refractivity contribution is -0.552. The van der Waals surface area contributed by atoms with Crippen LogP contribution in [0.1, 0.15) is 11.1 Å². The molecule has 2 aromatic carbocycles. The summed E-state index contributed by atoms with van der Waals surface area (Å²) in [6.45, 7) is 7.01. The van der Waals surface area contributed by atoms with Gasteiger partial charge in [-0.1, -0.05) is 42.5 Å². The number of urea groups is 1. The number of amides is 3. The number of imide groups is 1. The van der Waals surface area contributed by atoms with Crippen LogP contribution >= 0.6 is 0 Å². The number of hydrogen-bond donors (Lipinski definition) is 0. The van der Waals surface area contributed by atoms with E-state index in [1.807, 2.05) is 18.2 Å². The van der Waals surface area contributed by atoms with Gasteiger partial charge in [0.1, 0.15) is 13.1 Å². The number of hydrogen-bond acceptors (Lipinski definition) is 5. The monoisotopic (exact) mass is 459 g/mol. The van der Waals surface area contributed by atoms with Crippen LogP contribution in [0.5, 0.6) is 0 Å². The lowest BCUT2D eigenvalue weighted by Gasteiger charge is -2.35. The topological polar surface area (TPSA) is 62.5 Å². The molecule has 0 aromatic heterocycles. The van der Waals surface area contributed by atoms with Crippen LogP contribution in [-0.2, 0) is 11.3 Å². The van der Waals surface area contributed by atoms with Gasteiger partial charge >= 0.3 is 11.9 Å². The van der Waals surface area contributed by atoms with E-state index >= 15 is 0 Å². The number of aliphatic imine (C=N–C) groups is 1. The van der Waals surface area contributed by atoms with Crippen LogP contribution < -0.4 is 4.90 Å². The number of piperazine rings is 1. The highest BCUT2D eigenvalue weighted by atomic mass is 16.2. The molecule has 2 fully saturated rings. The zero-order chi connectivity index (χ0) is 23.8. The molecule has 2 saturated heterocycles. The molecule has 8 heteroatoms. The van der Waals surface area contributed by atoms with E-state index in [9.17, 15) is 9.59 Å². The van der Waals surface area contributed by atoms with Crippen molar-refractivity contribution in [1.82, 2.24) is 14.7 Å². The number of carbonyl (C=O) groups is 2. The minimum atomic E-state index is -0.576. The third-order valence-electron chi connectivity index (χ3n) is 7.07. The zero-order valence-electron chi connectivity index (χ0n) is 20.0. The minimum Gasteiger partial charge on any atom is -0.369 e. The zero-order valence-corrected chi connectivity index (χ0v) is 20.0. The molecule has 0 radical (unpaired) electrons. The van der Waals surface area contributed by atoms with E-state index in [-0.39, 0.29) is 11.9 Å². The number of likely N-dealkylation sites (N-methyl/N-ethyl adjacent to an activating group) is 2. The van der Waals surface area contributed by atoms with Gasteiger partial charge in [-0.3, -0.25) is 19.5 Å². The second-order valence-corrected chi connectivity index (χ2v) is 9.18. The second kappa shape index (κ2) is 9.02. The Labute approximate surface area is 200 Å². The van der Waals surface area contributed by atoms with Gasteiger partial charge in [-0.05, 0) is 35.2 Å². The molecule has 3 heterocycles. The molecule has 2 aromatic rings. The predicted octanol–water partition coefficient (Wildman–Crippen LogP) is 2.03. The Balaban J connectivity index is 1.41. The van der Waals surface area contributed by atoms with E-state index in [2.05, 4.69) is 57.7 Å². The summed E-state index contributed by atoms with van der Waals surface area (Å²) < 4.78 is 2.09. The van der Waals surface area contributed by atoms with Crippen molar-refractivity contribution in [2.45, 2.75) is 19.5 Å². The molecule has 3 amide bonds. The Hall–Kier alpha value is -3.52. The summed E-state index contributed by atoms with van der Waals surface area (Å²) in [4.78, 5) is 38.1. The Kier molecular flexibility index (Phi) is 5.91. The highest BCUT2D eigenvalue weighted by molar-refractivity contribution is 6.23. The van der Waals surface area contributed by atoms with Gasteiger partial charge in [0, 0.05) is 46.0 Å². The minimum absolute atomic E-state index is 0.223. The van der Waals surface area contributed by atoms with Crippen molar-refractivity contribution in [3.63, 3.8) is 0 Å². The Morgan fingerprint density at radius 1 is 0.912 bits per heavy atom. The lowest BCUT2D eigenvalue weighted by Crippen LogP contribution is -2.61. The first-order valence-corrected chi connectivity index (χ1v) is 11.8. The van der Waals surface area contributed by atoms with Crippen molar-refractivity contribution >= 4 is 29.3 Å². The molecule has 0 spiro atoms. The SMILES string of the molecule is Cc1ccccc1C[N+]1=C(CN2CCN(c3ccccc3)CC2)N=C2C1C(=O)N(C)C(=O)N2C. The van der Waals surface area contributed by atoms with E-state index in [0.29, 0.717) is 18.9 Å². The number of rotatable bonds is 5. The van der Waals surface area contributed by atoms with Crippen LogP contribution in [0.2, 0.25) is 0 Å². The fourth-order valence-corrected chi connectivity index (χ4v) is 4.93. The number of aryl methyl sites for hydroxylation is 1. The quantitative estimate of drug-likeness (QED) is 0.642. The first-order valence-electron chi connectivity index (χ1n) is 11.8. The number of benzene rings is 2. The van der Waals surface area contributed by atoms with Crippen LogP contribution in [0.4, 0.5) is 10.5 Å². The summed E-state index contributed by atoms with van der Waals surface area (Å²) in [6.07, 6.45) is 0. The summed E-state index contributed by atoms with van der Waals surface area (Å²) in [5, 5.41) is 0. The Morgan fingerprint density at radius 2 is 1.59 bits per heavy atom. The van der Waals surface area contributed by atoms with Gasteiger partial charge in [-0.2, -0.15) is 0 Å². The molecule has 0 N–H and O–H groups in total. The maximum atomic E-state index is 13.2. The average molecular weight is 460 g/mol. The maximum Gasteiger partial charge on any atom is 0.333 e. The normalized spacial score (nSPS) is 21.3. The molecule has 0 saturated carbocycles. The maximum absolute atomic E-state index is 13.2.